The van der Waals surface area contributed by atoms with Gasteiger partial charge in [0.15, 0.2) is 0 Å². The predicted molar refractivity (Wildman–Crippen MR) is 78.9 cm³/mol. The number of hydrogen-bond acceptors (Lipinski definition) is 3. The van der Waals surface area contributed by atoms with E-state index in [2.05, 4.69) is 10.6 Å². The van der Waals surface area contributed by atoms with Crippen LogP contribution in [0, 0.1) is 6.92 Å². The standard InChI is InChI=1S/C15H14N2O4/c1-9-2-4-10(5-3-9)16-15(21)17-11-6-7-12(14(19)20)13(18)8-11/h2-8,18H,1H3,(H,19,20)(H2,16,17,21). The fourth-order valence-corrected chi connectivity index (χ4v) is 1.72. The summed E-state index contributed by atoms with van der Waals surface area (Å²) < 4.78 is 0. The Kier molecular flexibility index (Phi) is 4.08. The maximum atomic E-state index is 11.8. The molecular formula is C15H14N2O4. The van der Waals surface area contributed by atoms with Crippen molar-refractivity contribution in [1.29, 1.82) is 0 Å². The third kappa shape index (κ3) is 3.73. The Balaban J connectivity index is 2.04. The molecule has 0 fully saturated rings. The molecule has 2 aromatic carbocycles. The molecule has 6 heteroatoms. The number of aryl methyl sites for hydroxylation is 1. The van der Waals surface area contributed by atoms with Crippen molar-refractivity contribution in [3.63, 3.8) is 0 Å². The van der Waals surface area contributed by atoms with Gasteiger partial charge >= 0.3 is 12.0 Å². The molecule has 0 aliphatic rings. The van der Waals surface area contributed by atoms with Crippen LogP contribution in [-0.4, -0.2) is 22.2 Å². The summed E-state index contributed by atoms with van der Waals surface area (Å²) in [5, 5.41) is 23.5. The number of urea groups is 1. The Morgan fingerprint density at radius 2 is 1.52 bits per heavy atom. The van der Waals surface area contributed by atoms with Crippen LogP contribution in [0.3, 0.4) is 0 Å². The molecule has 0 unspecified atom stereocenters. The van der Waals surface area contributed by atoms with Crippen molar-refractivity contribution in [2.75, 3.05) is 10.6 Å². The quantitative estimate of drug-likeness (QED) is 0.697. The zero-order chi connectivity index (χ0) is 15.4. The van der Waals surface area contributed by atoms with Crippen LogP contribution < -0.4 is 10.6 Å². The Bertz CT molecular complexity index is 681. The fourth-order valence-electron chi connectivity index (χ4n) is 1.72. The van der Waals surface area contributed by atoms with E-state index in [0.29, 0.717) is 11.4 Å². The summed E-state index contributed by atoms with van der Waals surface area (Å²) in [6, 6.07) is 10.6. The fraction of sp³-hybridized carbons (Fsp3) is 0.0667. The average Bonchev–Trinajstić information content (AvgIpc) is 2.41. The van der Waals surface area contributed by atoms with E-state index in [1.807, 2.05) is 19.1 Å². The molecule has 0 bridgehead atoms. The summed E-state index contributed by atoms with van der Waals surface area (Å²) in [6.07, 6.45) is 0. The Morgan fingerprint density at radius 1 is 0.952 bits per heavy atom. The van der Waals surface area contributed by atoms with Crippen LogP contribution in [0.1, 0.15) is 15.9 Å². The second kappa shape index (κ2) is 5.96. The summed E-state index contributed by atoms with van der Waals surface area (Å²) in [5.41, 5.74) is 1.78. The normalized spacial score (nSPS) is 9.95. The number of carbonyl (C=O) groups is 2. The van der Waals surface area contributed by atoms with Crippen LogP contribution >= 0.6 is 0 Å². The molecule has 0 heterocycles. The lowest BCUT2D eigenvalue weighted by Gasteiger charge is -2.09. The second-order valence-corrected chi connectivity index (χ2v) is 4.48. The first-order chi connectivity index (χ1) is 9.95. The van der Waals surface area contributed by atoms with Crippen molar-refractivity contribution in [3.8, 4) is 5.75 Å². The third-order valence-corrected chi connectivity index (χ3v) is 2.80. The van der Waals surface area contributed by atoms with E-state index in [1.165, 1.54) is 18.2 Å². The summed E-state index contributed by atoms with van der Waals surface area (Å²) in [4.78, 5) is 22.5. The molecule has 6 nitrogen and oxygen atoms in total. The number of amides is 2. The van der Waals surface area contributed by atoms with Gasteiger partial charge in [0.1, 0.15) is 11.3 Å². The van der Waals surface area contributed by atoms with E-state index in [0.717, 1.165) is 5.56 Å². The highest BCUT2D eigenvalue weighted by atomic mass is 16.4. The highest BCUT2D eigenvalue weighted by Gasteiger charge is 2.10. The highest BCUT2D eigenvalue weighted by Crippen LogP contribution is 2.22. The first-order valence-corrected chi connectivity index (χ1v) is 6.16. The maximum absolute atomic E-state index is 11.8. The number of nitrogens with one attached hydrogen (secondary N) is 2. The van der Waals surface area contributed by atoms with Gasteiger partial charge < -0.3 is 20.8 Å². The van der Waals surface area contributed by atoms with Gasteiger partial charge in [-0.15, -0.1) is 0 Å². The molecule has 0 aromatic heterocycles. The largest absolute Gasteiger partial charge is 0.507 e. The van der Waals surface area contributed by atoms with Gasteiger partial charge in [0, 0.05) is 17.4 Å². The maximum Gasteiger partial charge on any atom is 0.339 e. The predicted octanol–water partition coefficient (Wildman–Crippen LogP) is 3.04. The lowest BCUT2D eigenvalue weighted by molar-refractivity contribution is 0.0694. The first kappa shape index (κ1) is 14.4. The Hall–Kier alpha value is -3.02. The second-order valence-electron chi connectivity index (χ2n) is 4.48. The van der Waals surface area contributed by atoms with Gasteiger partial charge in [-0.3, -0.25) is 0 Å². The first-order valence-electron chi connectivity index (χ1n) is 6.16. The zero-order valence-corrected chi connectivity index (χ0v) is 11.3. The lowest BCUT2D eigenvalue weighted by Crippen LogP contribution is -2.19. The molecule has 0 saturated heterocycles. The number of benzene rings is 2. The number of rotatable bonds is 3. The van der Waals surface area contributed by atoms with Gasteiger partial charge in [0.25, 0.3) is 0 Å². The smallest absolute Gasteiger partial charge is 0.339 e. The molecule has 0 atom stereocenters. The molecule has 2 rings (SSSR count). The summed E-state index contributed by atoms with van der Waals surface area (Å²) >= 11 is 0. The number of hydrogen-bond donors (Lipinski definition) is 4. The number of phenols is 1. The molecule has 21 heavy (non-hydrogen) atoms. The minimum absolute atomic E-state index is 0.223. The molecular weight excluding hydrogens is 272 g/mol. The molecule has 0 saturated carbocycles. The molecule has 0 aliphatic carbocycles. The lowest BCUT2D eigenvalue weighted by atomic mass is 10.2. The van der Waals surface area contributed by atoms with E-state index < -0.39 is 17.7 Å². The SMILES string of the molecule is Cc1ccc(NC(=O)Nc2ccc(C(=O)O)c(O)c2)cc1. The van der Waals surface area contributed by atoms with Crippen LogP contribution in [0.15, 0.2) is 42.5 Å². The van der Waals surface area contributed by atoms with Crippen LogP contribution in [0.2, 0.25) is 0 Å². The van der Waals surface area contributed by atoms with Crippen LogP contribution in [0.4, 0.5) is 16.2 Å². The van der Waals surface area contributed by atoms with Gasteiger partial charge in [0.2, 0.25) is 0 Å². The number of aromatic hydroxyl groups is 1. The number of aromatic carboxylic acids is 1. The van der Waals surface area contributed by atoms with Crippen molar-refractivity contribution >= 4 is 23.4 Å². The van der Waals surface area contributed by atoms with E-state index in [4.69, 9.17) is 5.11 Å². The van der Waals surface area contributed by atoms with Crippen LogP contribution in [-0.2, 0) is 0 Å². The van der Waals surface area contributed by atoms with Crippen molar-refractivity contribution in [2.45, 2.75) is 6.92 Å². The van der Waals surface area contributed by atoms with Gasteiger partial charge in [-0.05, 0) is 31.2 Å². The molecule has 0 radical (unpaired) electrons. The Labute approximate surface area is 121 Å². The van der Waals surface area contributed by atoms with Gasteiger partial charge in [-0.25, -0.2) is 9.59 Å². The van der Waals surface area contributed by atoms with E-state index >= 15 is 0 Å². The van der Waals surface area contributed by atoms with E-state index in [-0.39, 0.29) is 5.56 Å². The topological polar surface area (TPSA) is 98.7 Å². The molecule has 108 valence electrons. The minimum atomic E-state index is -1.23. The summed E-state index contributed by atoms with van der Waals surface area (Å²) in [5.74, 6) is -1.64. The van der Waals surface area contributed by atoms with Crippen LogP contribution in [0.25, 0.3) is 0 Å². The zero-order valence-electron chi connectivity index (χ0n) is 11.3. The molecule has 2 aromatic rings. The van der Waals surface area contributed by atoms with Gasteiger partial charge in [-0.2, -0.15) is 0 Å². The van der Waals surface area contributed by atoms with Crippen molar-refractivity contribution < 1.29 is 19.8 Å². The van der Waals surface area contributed by atoms with E-state index in [9.17, 15) is 14.7 Å². The monoisotopic (exact) mass is 286 g/mol. The number of carboxylic acid groups (broad SMARTS) is 1. The molecule has 0 aliphatic heterocycles. The van der Waals surface area contributed by atoms with Crippen molar-refractivity contribution in [2.24, 2.45) is 0 Å². The average molecular weight is 286 g/mol. The minimum Gasteiger partial charge on any atom is -0.507 e. The van der Waals surface area contributed by atoms with Gasteiger partial charge in [0.05, 0.1) is 0 Å². The number of carbonyl (C=O) groups excluding carboxylic acids is 1. The molecule has 0 spiro atoms. The molecule has 4 N–H and O–H groups in total. The van der Waals surface area contributed by atoms with Gasteiger partial charge in [-0.1, -0.05) is 17.7 Å². The number of carboxylic acids is 1. The highest BCUT2D eigenvalue weighted by molar-refractivity contribution is 6.00. The van der Waals surface area contributed by atoms with Crippen molar-refractivity contribution in [1.82, 2.24) is 0 Å². The third-order valence-electron chi connectivity index (χ3n) is 2.80. The molecule has 2 amide bonds. The summed E-state index contributed by atoms with van der Waals surface area (Å²) in [6.45, 7) is 1.94. The van der Waals surface area contributed by atoms with Crippen LogP contribution in [0.5, 0.6) is 5.75 Å². The summed E-state index contributed by atoms with van der Waals surface area (Å²) in [7, 11) is 0. The number of anilines is 2. The Morgan fingerprint density at radius 3 is 2.10 bits per heavy atom. The van der Waals surface area contributed by atoms with Crippen molar-refractivity contribution in [3.05, 3.63) is 53.6 Å². The van der Waals surface area contributed by atoms with E-state index in [1.54, 1.807) is 12.1 Å².